The number of cyclic esters (lactones) is 1. The molecule has 5 aliphatic rings. The number of nitrogens with zero attached hydrogens (tertiary/aromatic N) is 7. The van der Waals surface area contributed by atoms with Gasteiger partial charge in [0.2, 0.25) is 11.7 Å². The van der Waals surface area contributed by atoms with E-state index in [1.807, 2.05) is 72.9 Å². The summed E-state index contributed by atoms with van der Waals surface area (Å²) in [5.74, 6) is -8.32. The number of fused-ring (bicyclic) bond motifs is 6. The van der Waals surface area contributed by atoms with E-state index in [0.717, 1.165) is 28.7 Å². The minimum absolute atomic E-state index is 0.0191. The number of aliphatic hydroxyl groups is 2. The van der Waals surface area contributed by atoms with Crippen LogP contribution in [-0.2, 0) is 105 Å². The first kappa shape index (κ1) is 94.5. The third-order valence-corrected chi connectivity index (χ3v) is 23.8. The van der Waals surface area contributed by atoms with Gasteiger partial charge in [-0.1, -0.05) is 89.3 Å². The standard InChI is InChI=1S/C89H126N10O22/c1-55-16-12-11-13-17-56(2)73(109-8)50-67-24-19-61(7)89(108,121-67)82(104)85(105)98-30-15-14-18-69(98)86(106)118-74(51-70(100)57(3)45-60(6)80(103)81(111-10)79(102)59(5)44-55)58(4)46-62-21-25-72(75(48-62)110-9)120-88(107)92-29-33-113-35-37-115-39-41-117-43-42-116-40-38-114-36-34-112-32-28-76(101)97-31-27-64-47-63(20-22-66(64)53-97)52-99-84-77(83(90)93-54-94-84)78(96-99)65-23-26-71-68(49-65)95-87(91)119-71/h11-13,16-17,20,22-23,26,45,47,49,54-55,57-59,61-62,67,69,72-75,80-81,103,108H,14-15,18-19,21,24-25,27-44,46,48,50-53H2,1-10H3,(H2,91,95)(H,92,107)(H2,90,93,94)/b13-11+,16-12+,56-17+,60-45+/t55-,57-,58-,59?,61-,62+,67+,69+,72-,73+,74+,75-,80-,81+,89-/m1/s1. The van der Waals surface area contributed by atoms with E-state index in [0.29, 0.717) is 183 Å². The maximum Gasteiger partial charge on any atom is 0.407 e. The summed E-state index contributed by atoms with van der Waals surface area (Å²) in [6.45, 7) is 18.4. The van der Waals surface area contributed by atoms with E-state index in [4.69, 9.17) is 77.8 Å². The monoisotopic (exact) mass is 1690 g/mol. The number of alkyl carbamates (subject to hydrolysis) is 1. The first-order chi connectivity index (χ1) is 58.3. The number of oxazole rings is 1. The molecule has 32 nitrogen and oxygen atoms in total. The Hall–Kier alpha value is -8.77. The van der Waals surface area contributed by atoms with Gasteiger partial charge >= 0.3 is 12.1 Å². The van der Waals surface area contributed by atoms with Gasteiger partial charge in [-0.3, -0.25) is 24.0 Å². The first-order valence-corrected chi connectivity index (χ1v) is 42.7. The summed E-state index contributed by atoms with van der Waals surface area (Å²) < 4.78 is 77.2. The second kappa shape index (κ2) is 46.6. The number of nitrogens with one attached hydrogen (secondary N) is 1. The van der Waals surface area contributed by atoms with Gasteiger partial charge in [0.15, 0.2) is 17.0 Å². The largest absolute Gasteiger partial charge is 0.460 e. The van der Waals surface area contributed by atoms with E-state index in [9.17, 15) is 43.8 Å². The highest BCUT2D eigenvalue weighted by molar-refractivity contribution is 6.39. The molecule has 32 heteroatoms. The fraction of sp³-hybridized carbons (Fsp3) is 0.629. The van der Waals surface area contributed by atoms with Crippen LogP contribution >= 0.6 is 0 Å². The summed E-state index contributed by atoms with van der Waals surface area (Å²) in [6, 6.07) is 10.7. The van der Waals surface area contributed by atoms with Crippen LogP contribution in [0.2, 0.25) is 0 Å². The number of allylic oxidation sites excluding steroid dienone is 6. The van der Waals surface area contributed by atoms with Gasteiger partial charge in [0.1, 0.15) is 59.6 Å². The lowest BCUT2D eigenvalue weighted by Gasteiger charge is -2.42. The second-order valence-corrected chi connectivity index (χ2v) is 32.7. The van der Waals surface area contributed by atoms with E-state index < -0.39 is 102 Å². The Kier molecular flexibility index (Phi) is 36.4. The topological polar surface area (TPSA) is 411 Å². The Bertz CT molecular complexity index is 4390. The van der Waals surface area contributed by atoms with Crippen molar-refractivity contribution >= 4 is 75.2 Å². The molecular formula is C89H126N10O22. The smallest absolute Gasteiger partial charge is 0.407 e. The number of aliphatic hydroxyl groups excluding tert-OH is 1. The molecule has 7 heterocycles. The van der Waals surface area contributed by atoms with Gasteiger partial charge in [0.25, 0.3) is 17.7 Å². The highest BCUT2D eigenvalue weighted by Crippen LogP contribution is 2.40. The van der Waals surface area contributed by atoms with Crippen LogP contribution in [-0.4, -0.2) is 261 Å². The number of ketones is 3. The van der Waals surface area contributed by atoms with Crippen molar-refractivity contribution in [1.82, 2.24) is 39.8 Å². The maximum absolute atomic E-state index is 14.8. The molecule has 1 unspecified atom stereocenters. The molecule has 121 heavy (non-hydrogen) atoms. The van der Waals surface area contributed by atoms with Gasteiger partial charge in [-0.25, -0.2) is 24.2 Å². The Morgan fingerprint density at radius 3 is 2.16 bits per heavy atom. The number of piperidine rings is 1. The quantitative estimate of drug-likeness (QED) is 0.0119. The van der Waals surface area contributed by atoms with Crippen molar-refractivity contribution in [1.29, 1.82) is 0 Å². The second-order valence-electron chi connectivity index (χ2n) is 32.7. The van der Waals surface area contributed by atoms with Crippen LogP contribution in [0.25, 0.3) is 33.4 Å². The fourth-order valence-electron chi connectivity index (χ4n) is 16.7. The average Bonchev–Trinajstić information content (AvgIpc) is 1.63. The third kappa shape index (κ3) is 26.4. The molecule has 1 aliphatic carbocycles. The van der Waals surface area contributed by atoms with Crippen LogP contribution in [0.4, 0.5) is 16.6 Å². The molecule has 15 atom stereocenters. The summed E-state index contributed by atoms with van der Waals surface area (Å²) in [5, 5.41) is 32.1. The molecule has 4 aliphatic heterocycles. The summed E-state index contributed by atoms with van der Waals surface area (Å²) in [5.41, 5.74) is 19.9. The van der Waals surface area contributed by atoms with E-state index >= 15 is 0 Å². The van der Waals surface area contributed by atoms with Crippen molar-refractivity contribution in [3.05, 3.63) is 107 Å². The molecule has 2 aromatic carbocycles. The normalized spacial score (nSPS) is 27.7. The number of benzene rings is 2. The van der Waals surface area contributed by atoms with E-state index in [1.165, 1.54) is 23.9 Å². The van der Waals surface area contributed by atoms with Gasteiger partial charge in [-0.15, -0.1) is 0 Å². The fourth-order valence-corrected chi connectivity index (χ4v) is 16.7. The number of esters is 1. The number of ether oxygens (including phenoxy) is 12. The number of carbonyl (C=O) groups is 7. The molecule has 1 saturated carbocycles. The van der Waals surface area contributed by atoms with E-state index in [2.05, 4.69) is 38.5 Å². The van der Waals surface area contributed by atoms with Crippen LogP contribution in [0.15, 0.2) is 94.7 Å². The molecule has 10 rings (SSSR count). The number of hydrogen-bond donors (Lipinski definition) is 5. The van der Waals surface area contributed by atoms with Crippen LogP contribution in [0.1, 0.15) is 149 Å². The number of carbonyl (C=O) groups excluding carboxylic acids is 7. The van der Waals surface area contributed by atoms with Gasteiger partial charge in [-0.05, 0) is 148 Å². The number of nitrogen functional groups attached to an aromatic ring is 2. The zero-order valence-electron chi connectivity index (χ0n) is 71.9. The molecule has 2 saturated heterocycles. The summed E-state index contributed by atoms with van der Waals surface area (Å²) >= 11 is 0. The number of nitrogens with two attached hydrogens (primary N) is 2. The summed E-state index contributed by atoms with van der Waals surface area (Å²) in [4.78, 5) is 115. The molecule has 0 radical (unpaired) electrons. The van der Waals surface area contributed by atoms with Crippen LogP contribution < -0.4 is 16.8 Å². The van der Waals surface area contributed by atoms with Crippen LogP contribution in [0, 0.1) is 35.5 Å². The molecule has 5 aromatic rings. The van der Waals surface area contributed by atoms with Crippen LogP contribution in [0.3, 0.4) is 0 Å². The van der Waals surface area contributed by atoms with Gasteiger partial charge < -0.3 is 98.1 Å². The average molecular weight is 1690 g/mol. The third-order valence-electron chi connectivity index (χ3n) is 23.8. The molecule has 2 bridgehead atoms. The Balaban J connectivity index is 0.589. The van der Waals surface area contributed by atoms with Crippen LogP contribution in [0.5, 0.6) is 0 Å². The number of anilines is 2. The van der Waals surface area contributed by atoms with E-state index in [1.54, 1.807) is 54.1 Å². The summed E-state index contributed by atoms with van der Waals surface area (Å²) in [7, 11) is 4.49. The van der Waals surface area contributed by atoms with Crippen molar-refractivity contribution < 1.29 is 105 Å². The van der Waals surface area contributed by atoms with E-state index in [-0.39, 0.29) is 87.3 Å². The number of aromatic nitrogens is 5. The number of hydrogen-bond acceptors (Lipinski definition) is 28. The van der Waals surface area contributed by atoms with Crippen molar-refractivity contribution in [2.75, 3.05) is 132 Å². The molecule has 664 valence electrons. The minimum atomic E-state index is -2.48. The lowest BCUT2D eigenvalue weighted by Crippen LogP contribution is -2.61. The Morgan fingerprint density at radius 2 is 1.45 bits per heavy atom. The van der Waals surface area contributed by atoms with Crippen molar-refractivity contribution in [2.24, 2.45) is 35.5 Å². The highest BCUT2D eigenvalue weighted by Gasteiger charge is 2.53. The molecule has 3 amide bonds. The number of amides is 3. The number of Topliss-reactive ketones (excluding diaryl/α,β-unsaturated/α-hetero) is 3. The predicted octanol–water partition coefficient (Wildman–Crippen LogP) is 9.15. The van der Waals surface area contributed by atoms with Crippen molar-refractivity contribution in [3.63, 3.8) is 0 Å². The Morgan fingerprint density at radius 1 is 0.744 bits per heavy atom. The zero-order chi connectivity index (χ0) is 86.7. The zero-order valence-corrected chi connectivity index (χ0v) is 71.9. The van der Waals surface area contributed by atoms with Gasteiger partial charge in [0.05, 0.1) is 116 Å². The molecule has 3 aromatic heterocycles. The molecule has 3 fully saturated rings. The van der Waals surface area contributed by atoms with Crippen molar-refractivity contribution in [3.8, 4) is 11.3 Å². The lowest BCUT2D eigenvalue weighted by molar-refractivity contribution is -0.265. The number of rotatable bonds is 31. The SMILES string of the molecule is CO[C@H]1C[C@@H]2CC[C@@H](C)[C@@](O)(O2)C(=O)C(=O)N2CCCC[C@H]2C(=O)O[C@H]([C@H](C)C[C@@H]2CC[C@@H](OC(=O)NCCOCCOCCOCCOCCOCCOCCC(=O)N3CCc4cc(Cn5nc(-c6ccc7oc(N)nc7c6)c6c(N)ncnc65)ccc4C3)[C@H](OC)C2)CC(=O)[C@H](C)/C=C(\C)[C@@H](O)[C@@H](OC)C(=O)C(C)C[C@H](C)/C=C/C=C/C=C/1C. The first-order valence-electron chi connectivity index (χ1n) is 42.7. The minimum Gasteiger partial charge on any atom is -0.460 e. The number of methoxy groups -OCH3 is 3. The summed E-state index contributed by atoms with van der Waals surface area (Å²) in [6.07, 6.45) is 11.7. The molecule has 0 spiro atoms. The molecule has 7 N–H and O–H groups in total. The highest BCUT2D eigenvalue weighted by atomic mass is 16.6. The maximum atomic E-state index is 14.8. The molecular weight excluding hydrogens is 1560 g/mol. The van der Waals surface area contributed by atoms with Gasteiger partial charge in [-0.2, -0.15) is 10.1 Å². The van der Waals surface area contributed by atoms with Crippen molar-refractivity contribution in [2.45, 2.75) is 206 Å². The predicted molar refractivity (Wildman–Crippen MR) is 449 cm³/mol. The Labute approximate surface area is 708 Å². The lowest BCUT2D eigenvalue weighted by atomic mass is 9.78. The van der Waals surface area contributed by atoms with Gasteiger partial charge in [0, 0.05) is 83.7 Å².